The van der Waals surface area contributed by atoms with Gasteiger partial charge in [-0.3, -0.25) is 0 Å². The summed E-state index contributed by atoms with van der Waals surface area (Å²) >= 11 is 0. The number of aliphatic carboxylic acids is 1. The number of ether oxygens (including phenoxy) is 1. The summed E-state index contributed by atoms with van der Waals surface area (Å²) in [4.78, 5) is 10.3. The fraction of sp³-hybridized carbons (Fsp3) is 0.0833. The molecule has 0 aliphatic heterocycles. The zero-order chi connectivity index (χ0) is 13.8. The number of carboxylic acid groups (broad SMARTS) is 1. The van der Waals surface area contributed by atoms with Crippen LogP contribution in [0, 0.1) is 5.82 Å². The molecule has 1 N–H and O–H groups in total. The summed E-state index contributed by atoms with van der Waals surface area (Å²) in [6, 6.07) is 4.17. The number of carboxylic acids is 1. The van der Waals surface area contributed by atoms with Crippen LogP contribution in [0.1, 0.15) is 5.89 Å². The van der Waals surface area contributed by atoms with Crippen molar-refractivity contribution in [2.45, 2.75) is 0 Å². The highest BCUT2D eigenvalue weighted by molar-refractivity contribution is 5.84. The van der Waals surface area contributed by atoms with Crippen LogP contribution >= 0.6 is 0 Å². The van der Waals surface area contributed by atoms with E-state index in [9.17, 15) is 9.18 Å². The Morgan fingerprint density at radius 3 is 2.89 bits per heavy atom. The van der Waals surface area contributed by atoms with Crippen LogP contribution in [0.25, 0.3) is 17.5 Å². The quantitative estimate of drug-likeness (QED) is 0.850. The molecule has 0 unspecified atom stereocenters. The van der Waals surface area contributed by atoms with Gasteiger partial charge in [0, 0.05) is 18.2 Å². The van der Waals surface area contributed by atoms with Gasteiger partial charge in [-0.2, -0.15) is 0 Å². The SMILES string of the molecule is COc1ccc(-c2nnc(/C=C/C(=O)O)o2)c(F)c1. The molecule has 0 atom stereocenters. The largest absolute Gasteiger partial charge is 0.497 e. The van der Waals surface area contributed by atoms with E-state index < -0.39 is 11.8 Å². The lowest BCUT2D eigenvalue weighted by Gasteiger charge is -2.01. The molecule has 2 rings (SSSR count). The van der Waals surface area contributed by atoms with Gasteiger partial charge in [0.2, 0.25) is 5.89 Å². The minimum Gasteiger partial charge on any atom is -0.497 e. The molecule has 19 heavy (non-hydrogen) atoms. The molecule has 0 aliphatic carbocycles. The fourth-order valence-corrected chi connectivity index (χ4v) is 1.35. The molecule has 0 saturated heterocycles. The summed E-state index contributed by atoms with van der Waals surface area (Å²) in [5.74, 6) is -1.41. The van der Waals surface area contributed by atoms with Crippen molar-refractivity contribution >= 4 is 12.0 Å². The van der Waals surface area contributed by atoms with Crippen molar-refractivity contribution in [1.82, 2.24) is 10.2 Å². The number of hydrogen-bond donors (Lipinski definition) is 1. The van der Waals surface area contributed by atoms with Gasteiger partial charge in [0.1, 0.15) is 11.6 Å². The Morgan fingerprint density at radius 2 is 2.26 bits per heavy atom. The second-order valence-corrected chi connectivity index (χ2v) is 3.46. The summed E-state index contributed by atoms with van der Waals surface area (Å²) in [7, 11) is 1.43. The Labute approximate surface area is 107 Å². The minimum absolute atomic E-state index is 0.0207. The van der Waals surface area contributed by atoms with Gasteiger partial charge < -0.3 is 14.3 Å². The number of rotatable bonds is 4. The van der Waals surface area contributed by atoms with Crippen LogP contribution in [0.3, 0.4) is 0 Å². The van der Waals surface area contributed by atoms with Gasteiger partial charge in [0.25, 0.3) is 5.89 Å². The molecule has 98 valence electrons. The smallest absolute Gasteiger partial charge is 0.328 e. The predicted octanol–water partition coefficient (Wildman–Crippen LogP) is 1.98. The Bertz CT molecular complexity index is 636. The molecule has 0 aliphatic rings. The van der Waals surface area contributed by atoms with Crippen LogP contribution in [-0.4, -0.2) is 28.4 Å². The Morgan fingerprint density at radius 1 is 1.47 bits per heavy atom. The number of nitrogens with zero attached hydrogens (tertiary/aromatic N) is 2. The minimum atomic E-state index is -1.14. The molecule has 7 heteroatoms. The molecule has 1 heterocycles. The van der Waals surface area contributed by atoms with E-state index in [2.05, 4.69) is 10.2 Å². The standard InChI is InChI=1S/C12H9FN2O4/c1-18-7-2-3-8(9(13)6-7)12-15-14-10(19-12)4-5-11(16)17/h2-6H,1H3,(H,16,17)/b5-4+. The Balaban J connectivity index is 2.30. The lowest BCUT2D eigenvalue weighted by atomic mass is 10.2. The first kappa shape index (κ1) is 12.7. The van der Waals surface area contributed by atoms with Gasteiger partial charge in [-0.25, -0.2) is 9.18 Å². The summed E-state index contributed by atoms with van der Waals surface area (Å²) in [5.41, 5.74) is 0.114. The van der Waals surface area contributed by atoms with E-state index in [-0.39, 0.29) is 17.3 Å². The highest BCUT2D eigenvalue weighted by Gasteiger charge is 2.12. The topological polar surface area (TPSA) is 85.5 Å². The molecule has 0 radical (unpaired) electrons. The fourth-order valence-electron chi connectivity index (χ4n) is 1.35. The first-order valence-corrected chi connectivity index (χ1v) is 5.18. The molecular weight excluding hydrogens is 255 g/mol. The normalized spacial score (nSPS) is 10.8. The average Bonchev–Trinajstić information content (AvgIpc) is 2.84. The predicted molar refractivity (Wildman–Crippen MR) is 62.9 cm³/mol. The van der Waals surface area contributed by atoms with Gasteiger partial charge >= 0.3 is 5.97 Å². The second kappa shape index (κ2) is 5.30. The second-order valence-electron chi connectivity index (χ2n) is 3.46. The third kappa shape index (κ3) is 2.95. The zero-order valence-corrected chi connectivity index (χ0v) is 9.83. The summed E-state index contributed by atoms with van der Waals surface area (Å²) in [6.45, 7) is 0. The van der Waals surface area contributed by atoms with E-state index >= 15 is 0 Å². The van der Waals surface area contributed by atoms with Crippen molar-refractivity contribution in [3.05, 3.63) is 36.0 Å². The lowest BCUT2D eigenvalue weighted by molar-refractivity contribution is -0.131. The molecule has 2 aromatic rings. The highest BCUT2D eigenvalue weighted by Crippen LogP contribution is 2.25. The Hall–Kier alpha value is -2.70. The van der Waals surface area contributed by atoms with E-state index in [1.807, 2.05) is 0 Å². The molecule has 0 spiro atoms. The lowest BCUT2D eigenvalue weighted by Crippen LogP contribution is -1.88. The molecular formula is C12H9FN2O4. The van der Waals surface area contributed by atoms with Crippen LogP contribution in [0.2, 0.25) is 0 Å². The van der Waals surface area contributed by atoms with Crippen LogP contribution in [-0.2, 0) is 4.79 Å². The maximum atomic E-state index is 13.7. The van der Waals surface area contributed by atoms with Gasteiger partial charge in [-0.05, 0) is 12.1 Å². The molecule has 0 saturated carbocycles. The molecule has 0 amide bonds. The van der Waals surface area contributed by atoms with Crippen LogP contribution < -0.4 is 4.74 Å². The first-order chi connectivity index (χ1) is 9.10. The number of carbonyl (C=O) groups is 1. The molecule has 1 aromatic heterocycles. The molecule has 0 bridgehead atoms. The van der Waals surface area contributed by atoms with Gasteiger partial charge in [-0.15, -0.1) is 10.2 Å². The zero-order valence-electron chi connectivity index (χ0n) is 9.83. The van der Waals surface area contributed by atoms with Crippen LogP contribution in [0.4, 0.5) is 4.39 Å². The van der Waals surface area contributed by atoms with E-state index in [0.29, 0.717) is 5.75 Å². The van der Waals surface area contributed by atoms with Crippen molar-refractivity contribution in [3.63, 3.8) is 0 Å². The van der Waals surface area contributed by atoms with Crippen molar-refractivity contribution in [2.24, 2.45) is 0 Å². The van der Waals surface area contributed by atoms with Crippen molar-refractivity contribution in [2.75, 3.05) is 7.11 Å². The first-order valence-electron chi connectivity index (χ1n) is 5.18. The number of halogens is 1. The Kier molecular flexibility index (Phi) is 3.56. The summed E-state index contributed by atoms with van der Waals surface area (Å²) < 4.78 is 23.7. The third-order valence-electron chi connectivity index (χ3n) is 2.22. The molecule has 1 aromatic carbocycles. The maximum absolute atomic E-state index is 13.7. The van der Waals surface area contributed by atoms with Gasteiger partial charge in [0.05, 0.1) is 12.7 Å². The third-order valence-corrected chi connectivity index (χ3v) is 2.22. The summed E-state index contributed by atoms with van der Waals surface area (Å²) in [5, 5.41) is 15.7. The van der Waals surface area contributed by atoms with E-state index in [1.165, 1.54) is 19.2 Å². The number of aromatic nitrogens is 2. The van der Waals surface area contributed by atoms with Gasteiger partial charge in [0.15, 0.2) is 0 Å². The van der Waals surface area contributed by atoms with Gasteiger partial charge in [-0.1, -0.05) is 0 Å². The highest BCUT2D eigenvalue weighted by atomic mass is 19.1. The molecule has 0 fully saturated rings. The number of benzene rings is 1. The van der Waals surface area contributed by atoms with E-state index in [1.54, 1.807) is 6.07 Å². The number of hydrogen-bond acceptors (Lipinski definition) is 5. The van der Waals surface area contributed by atoms with E-state index in [0.717, 1.165) is 12.2 Å². The van der Waals surface area contributed by atoms with Crippen molar-refractivity contribution in [1.29, 1.82) is 0 Å². The van der Waals surface area contributed by atoms with Crippen LogP contribution in [0.15, 0.2) is 28.7 Å². The van der Waals surface area contributed by atoms with Crippen molar-refractivity contribution < 1.29 is 23.4 Å². The van der Waals surface area contributed by atoms with Crippen molar-refractivity contribution in [3.8, 4) is 17.2 Å². The average molecular weight is 264 g/mol. The maximum Gasteiger partial charge on any atom is 0.328 e. The summed E-state index contributed by atoms with van der Waals surface area (Å²) in [6.07, 6.45) is 1.97. The van der Waals surface area contributed by atoms with Crippen LogP contribution in [0.5, 0.6) is 5.75 Å². The monoisotopic (exact) mass is 264 g/mol. The molecule has 6 nitrogen and oxygen atoms in total. The van der Waals surface area contributed by atoms with E-state index in [4.69, 9.17) is 14.3 Å². The number of methoxy groups -OCH3 is 1.